The number of hydrogen-bond acceptors (Lipinski definition) is 1. The van der Waals surface area contributed by atoms with Crippen molar-refractivity contribution in [2.24, 2.45) is 5.92 Å². The van der Waals surface area contributed by atoms with Gasteiger partial charge in [0.15, 0.2) is 0 Å². The van der Waals surface area contributed by atoms with Crippen LogP contribution in [0.25, 0.3) is 0 Å². The average molecular weight is 268 g/mol. The zero-order chi connectivity index (χ0) is 12.5. The van der Waals surface area contributed by atoms with E-state index < -0.39 is 0 Å². The van der Waals surface area contributed by atoms with Crippen LogP contribution in [-0.4, -0.2) is 6.54 Å². The van der Waals surface area contributed by atoms with Crippen LogP contribution in [-0.2, 0) is 0 Å². The molecule has 0 radical (unpaired) electrons. The largest absolute Gasteiger partial charge is 0.385 e. The summed E-state index contributed by atoms with van der Waals surface area (Å²) in [5, 5.41) is 3.46. The Morgan fingerprint density at radius 1 is 1.22 bits per heavy atom. The molecule has 1 aromatic rings. The maximum Gasteiger partial charge on any atom is 0.0340 e. The van der Waals surface area contributed by atoms with Gasteiger partial charge < -0.3 is 5.32 Å². The highest BCUT2D eigenvalue weighted by Gasteiger charge is 2.01. The van der Waals surface area contributed by atoms with Crippen LogP contribution in [0, 0.1) is 5.92 Å². The van der Waals surface area contributed by atoms with Crippen LogP contribution in [0.3, 0.4) is 0 Å². The van der Waals surface area contributed by atoms with Crippen LogP contribution < -0.4 is 5.32 Å². The molecule has 0 aliphatic carbocycles. The molecule has 1 unspecified atom stereocenters. The Hall–Kier alpha value is -0.950. The first kappa shape index (κ1) is 17.1. The van der Waals surface area contributed by atoms with Gasteiger partial charge in [-0.2, -0.15) is 0 Å². The maximum absolute atomic E-state index is 3.94. The number of para-hydroxylation sites is 1. The molecule has 102 valence electrons. The van der Waals surface area contributed by atoms with E-state index in [4.69, 9.17) is 0 Å². The van der Waals surface area contributed by atoms with Crippen molar-refractivity contribution in [2.75, 3.05) is 11.9 Å². The maximum atomic E-state index is 3.94. The molecule has 1 aromatic carbocycles. The van der Waals surface area contributed by atoms with Crippen molar-refractivity contribution in [3.05, 3.63) is 42.5 Å². The fourth-order valence-electron chi connectivity index (χ4n) is 1.92. The SMILES string of the molecule is C=C(C)CCCC(C)CCNc1ccccc1.Cl. The van der Waals surface area contributed by atoms with E-state index in [1.54, 1.807) is 0 Å². The highest BCUT2D eigenvalue weighted by Crippen LogP contribution is 2.14. The summed E-state index contributed by atoms with van der Waals surface area (Å²) >= 11 is 0. The summed E-state index contributed by atoms with van der Waals surface area (Å²) in [6.07, 6.45) is 5.01. The number of anilines is 1. The van der Waals surface area contributed by atoms with Gasteiger partial charge in [-0.3, -0.25) is 0 Å². The van der Waals surface area contributed by atoms with E-state index in [1.165, 1.54) is 36.9 Å². The second-order valence-corrected chi connectivity index (χ2v) is 5.04. The highest BCUT2D eigenvalue weighted by atomic mass is 35.5. The van der Waals surface area contributed by atoms with E-state index in [-0.39, 0.29) is 12.4 Å². The molecule has 1 atom stereocenters. The zero-order valence-electron chi connectivity index (χ0n) is 11.6. The summed E-state index contributed by atoms with van der Waals surface area (Å²) in [6, 6.07) is 10.4. The van der Waals surface area contributed by atoms with Crippen LogP contribution in [0.1, 0.15) is 39.5 Å². The normalized spacial score (nSPS) is 11.4. The van der Waals surface area contributed by atoms with Gasteiger partial charge in [-0.05, 0) is 44.2 Å². The van der Waals surface area contributed by atoms with Crippen LogP contribution in [0.2, 0.25) is 0 Å². The Bertz CT molecular complexity index is 321. The van der Waals surface area contributed by atoms with Crippen molar-refractivity contribution in [3.63, 3.8) is 0 Å². The summed E-state index contributed by atoms with van der Waals surface area (Å²) in [4.78, 5) is 0. The molecular weight excluding hydrogens is 242 g/mol. The molecule has 0 saturated carbocycles. The van der Waals surface area contributed by atoms with Gasteiger partial charge in [0.2, 0.25) is 0 Å². The van der Waals surface area contributed by atoms with Crippen LogP contribution >= 0.6 is 12.4 Å². The smallest absolute Gasteiger partial charge is 0.0340 e. The zero-order valence-corrected chi connectivity index (χ0v) is 12.4. The molecule has 0 aliphatic heterocycles. The minimum atomic E-state index is 0. The van der Waals surface area contributed by atoms with Crippen molar-refractivity contribution in [3.8, 4) is 0 Å². The Kier molecular flexibility index (Phi) is 9.49. The fourth-order valence-corrected chi connectivity index (χ4v) is 1.92. The molecule has 0 fully saturated rings. The van der Waals surface area contributed by atoms with E-state index in [2.05, 4.69) is 50.0 Å². The topological polar surface area (TPSA) is 12.0 Å². The molecule has 0 spiro atoms. The predicted molar refractivity (Wildman–Crippen MR) is 84.6 cm³/mol. The van der Waals surface area contributed by atoms with E-state index in [0.29, 0.717) is 0 Å². The lowest BCUT2D eigenvalue weighted by atomic mass is 9.99. The molecule has 2 heteroatoms. The Labute approximate surface area is 118 Å². The molecule has 18 heavy (non-hydrogen) atoms. The number of nitrogens with one attached hydrogen (secondary N) is 1. The molecule has 1 rings (SSSR count). The minimum Gasteiger partial charge on any atom is -0.385 e. The monoisotopic (exact) mass is 267 g/mol. The molecule has 0 aliphatic rings. The molecule has 0 heterocycles. The lowest BCUT2D eigenvalue weighted by Gasteiger charge is -2.12. The third-order valence-corrected chi connectivity index (χ3v) is 3.04. The van der Waals surface area contributed by atoms with Gasteiger partial charge in [-0.1, -0.05) is 37.1 Å². The molecule has 1 nitrogen and oxygen atoms in total. The second-order valence-electron chi connectivity index (χ2n) is 5.04. The third kappa shape index (κ3) is 8.19. The van der Waals surface area contributed by atoms with Crippen LogP contribution in [0.4, 0.5) is 5.69 Å². The summed E-state index contributed by atoms with van der Waals surface area (Å²) < 4.78 is 0. The van der Waals surface area contributed by atoms with E-state index in [1.807, 2.05) is 6.07 Å². The first-order valence-corrected chi connectivity index (χ1v) is 6.62. The van der Waals surface area contributed by atoms with Crippen molar-refractivity contribution < 1.29 is 0 Å². The first-order valence-electron chi connectivity index (χ1n) is 6.62. The van der Waals surface area contributed by atoms with Gasteiger partial charge in [-0.25, -0.2) is 0 Å². The van der Waals surface area contributed by atoms with E-state index >= 15 is 0 Å². The first-order chi connectivity index (χ1) is 8.18. The second kappa shape index (κ2) is 10.0. The summed E-state index contributed by atoms with van der Waals surface area (Å²) in [6.45, 7) is 9.46. The Balaban J connectivity index is 0.00000289. The minimum absolute atomic E-state index is 0. The van der Waals surface area contributed by atoms with Gasteiger partial charge >= 0.3 is 0 Å². The number of halogens is 1. The number of benzene rings is 1. The highest BCUT2D eigenvalue weighted by molar-refractivity contribution is 5.85. The summed E-state index contributed by atoms with van der Waals surface area (Å²) in [5.41, 5.74) is 2.53. The molecule has 0 aromatic heterocycles. The predicted octanol–water partition coefficient (Wildman–Crippen LogP) is 5.29. The average Bonchev–Trinajstić information content (AvgIpc) is 2.30. The molecule has 0 bridgehead atoms. The Morgan fingerprint density at radius 3 is 2.50 bits per heavy atom. The standard InChI is InChI=1S/C16H25N.ClH/c1-14(2)8-7-9-15(3)12-13-17-16-10-5-4-6-11-16;/h4-6,10-11,15,17H,1,7-9,12-13H2,2-3H3;1H. The van der Waals surface area contributed by atoms with E-state index in [0.717, 1.165) is 12.5 Å². The van der Waals surface area contributed by atoms with Gasteiger partial charge in [0.05, 0.1) is 0 Å². The van der Waals surface area contributed by atoms with Gasteiger partial charge in [0.1, 0.15) is 0 Å². The molecular formula is C16H26ClN. The van der Waals surface area contributed by atoms with Crippen molar-refractivity contribution in [2.45, 2.75) is 39.5 Å². The van der Waals surface area contributed by atoms with E-state index in [9.17, 15) is 0 Å². The molecule has 1 N–H and O–H groups in total. The lowest BCUT2D eigenvalue weighted by molar-refractivity contribution is 0.486. The number of hydrogen-bond donors (Lipinski definition) is 1. The lowest BCUT2D eigenvalue weighted by Crippen LogP contribution is -2.06. The summed E-state index contributed by atoms with van der Waals surface area (Å²) in [7, 11) is 0. The number of rotatable bonds is 8. The van der Waals surface area contributed by atoms with Crippen molar-refractivity contribution in [1.29, 1.82) is 0 Å². The molecule has 0 saturated heterocycles. The number of allylic oxidation sites excluding steroid dienone is 1. The van der Waals surface area contributed by atoms with Crippen molar-refractivity contribution >= 4 is 18.1 Å². The van der Waals surface area contributed by atoms with Gasteiger partial charge in [-0.15, -0.1) is 19.0 Å². The van der Waals surface area contributed by atoms with Crippen molar-refractivity contribution in [1.82, 2.24) is 0 Å². The quantitative estimate of drug-likeness (QED) is 0.631. The summed E-state index contributed by atoms with van der Waals surface area (Å²) in [5.74, 6) is 0.797. The van der Waals surface area contributed by atoms with Crippen LogP contribution in [0.5, 0.6) is 0 Å². The van der Waals surface area contributed by atoms with Gasteiger partial charge in [0.25, 0.3) is 0 Å². The Morgan fingerprint density at radius 2 is 1.89 bits per heavy atom. The fraction of sp³-hybridized carbons (Fsp3) is 0.500. The molecule has 0 amide bonds. The van der Waals surface area contributed by atoms with Gasteiger partial charge in [0, 0.05) is 12.2 Å². The van der Waals surface area contributed by atoms with Crippen LogP contribution in [0.15, 0.2) is 42.5 Å². The third-order valence-electron chi connectivity index (χ3n) is 3.04.